The predicted octanol–water partition coefficient (Wildman–Crippen LogP) is -1.39. The van der Waals surface area contributed by atoms with Gasteiger partial charge in [0.2, 0.25) is 0 Å². The molecule has 2 aliphatic rings. The first-order chi connectivity index (χ1) is 6.32. The van der Waals surface area contributed by atoms with Crippen LogP contribution in [0.3, 0.4) is 0 Å². The Labute approximate surface area is 92.2 Å². The largest absolute Gasteiger partial charge is 1.00 e. The van der Waals surface area contributed by atoms with Gasteiger partial charge >= 0.3 is 0 Å². The first-order valence-electron chi connectivity index (χ1n) is 3.97. The van der Waals surface area contributed by atoms with E-state index in [2.05, 4.69) is 10.1 Å². The van der Waals surface area contributed by atoms with Gasteiger partial charge in [-0.1, -0.05) is 35.9 Å². The van der Waals surface area contributed by atoms with Crippen molar-refractivity contribution in [2.45, 2.75) is 5.00 Å². The molecule has 0 N–H and O–H groups in total. The Kier molecular flexibility index (Phi) is 2.01. The van der Waals surface area contributed by atoms with Gasteiger partial charge in [0.15, 0.2) is 5.00 Å². The Balaban J connectivity index is 0.000000750. The van der Waals surface area contributed by atoms with E-state index in [-0.39, 0.29) is 12.4 Å². The van der Waals surface area contributed by atoms with Crippen LogP contribution in [0.2, 0.25) is 0 Å². The average Bonchev–Trinajstić information content (AvgIpc) is 2.82. The van der Waals surface area contributed by atoms with Crippen LogP contribution in [0.5, 0.6) is 0 Å². The Hall–Kier alpha value is -1.06. The highest BCUT2D eigenvalue weighted by atomic mass is 35.5. The molecule has 5 heteroatoms. The van der Waals surface area contributed by atoms with E-state index in [1.807, 2.05) is 24.3 Å². The van der Waals surface area contributed by atoms with Gasteiger partial charge in [-0.25, -0.2) is 9.67 Å². The molecule has 3 nitrogen and oxygen atoms in total. The minimum atomic E-state index is -0.628. The van der Waals surface area contributed by atoms with Gasteiger partial charge in [-0.3, -0.25) is 0 Å². The molecule has 2 bridgehead atoms. The van der Waals surface area contributed by atoms with E-state index >= 15 is 0 Å². The zero-order chi connectivity index (χ0) is 8.89. The molecule has 0 saturated heterocycles. The first kappa shape index (κ1) is 9.49. The molecular weight excluding hydrogens is 221 g/mol. The van der Waals surface area contributed by atoms with Crippen LogP contribution in [0.1, 0.15) is 0 Å². The van der Waals surface area contributed by atoms with Crippen molar-refractivity contribution in [1.82, 2.24) is 14.8 Å². The molecule has 0 unspecified atom stereocenters. The number of halogens is 2. The van der Waals surface area contributed by atoms with Gasteiger partial charge in [0, 0.05) is 0 Å². The van der Waals surface area contributed by atoms with Crippen LogP contribution < -0.4 is 12.4 Å². The van der Waals surface area contributed by atoms with Gasteiger partial charge in [-0.2, -0.15) is 5.10 Å². The summed E-state index contributed by atoms with van der Waals surface area (Å²) in [6.07, 6.45) is 11.1. The lowest BCUT2D eigenvalue weighted by Gasteiger charge is -2.21. The number of alkyl halides is 1. The monoisotopic (exact) mass is 226 g/mol. The molecule has 14 heavy (non-hydrogen) atoms. The van der Waals surface area contributed by atoms with Crippen molar-refractivity contribution in [2.24, 2.45) is 0 Å². The summed E-state index contributed by atoms with van der Waals surface area (Å²) in [5, 5.41) is 4.06. The lowest BCUT2D eigenvalue weighted by Crippen LogP contribution is -3.00. The molecule has 1 aromatic rings. The van der Waals surface area contributed by atoms with Crippen molar-refractivity contribution in [3.8, 4) is 0 Å². The maximum absolute atomic E-state index is 6.46. The van der Waals surface area contributed by atoms with Gasteiger partial charge in [0.05, 0.1) is 0 Å². The fourth-order valence-electron chi connectivity index (χ4n) is 1.71. The number of aromatic nitrogens is 3. The second-order valence-electron chi connectivity index (χ2n) is 3.04. The van der Waals surface area contributed by atoms with Gasteiger partial charge < -0.3 is 12.4 Å². The molecule has 0 aliphatic heterocycles. The number of allylic oxidation sites excluding steroid dienone is 6. The predicted molar refractivity (Wildman–Crippen MR) is 49.2 cm³/mol. The lowest BCUT2D eigenvalue weighted by atomic mass is 10.1. The zero-order valence-corrected chi connectivity index (χ0v) is 8.57. The topological polar surface area (TPSA) is 30.7 Å². The van der Waals surface area contributed by atoms with Crippen molar-refractivity contribution < 1.29 is 12.4 Å². The molecule has 2 aliphatic carbocycles. The average molecular weight is 227 g/mol. The summed E-state index contributed by atoms with van der Waals surface area (Å²) in [5.74, 6) is 0. The highest BCUT2D eigenvalue weighted by Crippen LogP contribution is 2.47. The first-order valence-corrected chi connectivity index (χ1v) is 4.34. The minimum absolute atomic E-state index is 0. The molecule has 0 fully saturated rings. The standard InChI is InChI=1S/C9H6ClN3.ClH/c10-9(13-6-11-5-12-13)7-1-2-8(9)4-3-7;/h1-6H;1H/p-1. The summed E-state index contributed by atoms with van der Waals surface area (Å²) in [6, 6.07) is 0. The fourth-order valence-corrected chi connectivity index (χ4v) is 2.05. The third kappa shape index (κ3) is 0.938. The van der Waals surface area contributed by atoms with E-state index in [9.17, 15) is 0 Å². The second-order valence-corrected chi connectivity index (χ2v) is 3.59. The summed E-state index contributed by atoms with van der Waals surface area (Å²) >= 11 is 6.46. The van der Waals surface area contributed by atoms with Crippen molar-refractivity contribution in [2.75, 3.05) is 0 Å². The summed E-state index contributed by atoms with van der Waals surface area (Å²) in [6.45, 7) is 0. The quantitative estimate of drug-likeness (QED) is 0.553. The molecule has 0 amide bonds. The van der Waals surface area contributed by atoms with Gasteiger partial charge in [-0.05, 0) is 11.1 Å². The highest BCUT2D eigenvalue weighted by Gasteiger charge is 2.42. The summed E-state index contributed by atoms with van der Waals surface area (Å²) in [4.78, 5) is 3.27. The van der Waals surface area contributed by atoms with E-state index in [0.717, 1.165) is 11.1 Å². The van der Waals surface area contributed by atoms with E-state index in [0.29, 0.717) is 0 Å². The van der Waals surface area contributed by atoms with Crippen molar-refractivity contribution >= 4 is 11.6 Å². The molecule has 1 heterocycles. The maximum atomic E-state index is 6.46. The minimum Gasteiger partial charge on any atom is -1.00 e. The Morgan fingerprint density at radius 2 is 1.86 bits per heavy atom. The smallest absolute Gasteiger partial charge is 0.187 e. The van der Waals surface area contributed by atoms with E-state index in [4.69, 9.17) is 11.6 Å². The van der Waals surface area contributed by atoms with E-state index < -0.39 is 5.00 Å². The normalized spacial score (nSPS) is 20.4. The molecule has 0 spiro atoms. The van der Waals surface area contributed by atoms with Gasteiger partial charge in [0.1, 0.15) is 12.7 Å². The van der Waals surface area contributed by atoms with Crippen molar-refractivity contribution in [3.63, 3.8) is 0 Å². The SMILES string of the molecule is ClC1(n2cncn2)C2=CC=C1C=C2.[Cl-]. The van der Waals surface area contributed by atoms with Crippen molar-refractivity contribution in [1.29, 1.82) is 0 Å². The number of nitrogens with zero attached hydrogens (tertiary/aromatic N) is 3. The van der Waals surface area contributed by atoms with E-state index in [1.165, 1.54) is 6.33 Å². The zero-order valence-electron chi connectivity index (χ0n) is 7.06. The fraction of sp³-hybridized carbons (Fsp3) is 0.111. The lowest BCUT2D eigenvalue weighted by molar-refractivity contribution is -0.00000255. The van der Waals surface area contributed by atoms with Crippen LogP contribution in [0.15, 0.2) is 48.1 Å². The third-order valence-electron chi connectivity index (χ3n) is 2.38. The molecule has 0 atom stereocenters. The van der Waals surface area contributed by atoms with Crippen LogP contribution in [0.4, 0.5) is 0 Å². The molecule has 1 aromatic heterocycles. The van der Waals surface area contributed by atoms with Crippen LogP contribution >= 0.6 is 11.6 Å². The maximum Gasteiger partial charge on any atom is 0.187 e. The molecule has 3 rings (SSSR count). The van der Waals surface area contributed by atoms with Crippen LogP contribution in [0.25, 0.3) is 0 Å². The third-order valence-corrected chi connectivity index (χ3v) is 2.99. The van der Waals surface area contributed by atoms with Crippen LogP contribution in [-0.2, 0) is 5.00 Å². The number of hydrogen-bond donors (Lipinski definition) is 0. The van der Waals surface area contributed by atoms with Crippen molar-refractivity contribution in [3.05, 3.63) is 48.1 Å². The molecule has 0 saturated carbocycles. The summed E-state index contributed by atoms with van der Waals surface area (Å²) in [7, 11) is 0. The van der Waals surface area contributed by atoms with E-state index in [1.54, 1.807) is 11.0 Å². The summed E-state index contributed by atoms with van der Waals surface area (Å²) < 4.78 is 1.67. The molecule has 72 valence electrons. The van der Waals surface area contributed by atoms with Gasteiger partial charge in [-0.15, -0.1) is 0 Å². The number of rotatable bonds is 1. The highest BCUT2D eigenvalue weighted by molar-refractivity contribution is 6.27. The van der Waals surface area contributed by atoms with Crippen LogP contribution in [-0.4, -0.2) is 14.8 Å². The summed E-state index contributed by atoms with van der Waals surface area (Å²) in [5.41, 5.74) is 2.10. The molecule has 0 radical (unpaired) electrons. The molecular formula is C9H6Cl2N3-. The number of fused-ring (bicyclic) bond motifs is 2. The Bertz CT molecular complexity index is 421. The van der Waals surface area contributed by atoms with Crippen LogP contribution in [0, 0.1) is 0 Å². The second kappa shape index (κ2) is 2.97. The molecule has 0 aromatic carbocycles. The Morgan fingerprint density at radius 3 is 2.29 bits per heavy atom. The number of hydrogen-bond acceptors (Lipinski definition) is 2. The Morgan fingerprint density at radius 1 is 1.21 bits per heavy atom. The van der Waals surface area contributed by atoms with Gasteiger partial charge in [0.25, 0.3) is 0 Å².